The molecule has 3 heterocycles. The van der Waals surface area contributed by atoms with Gasteiger partial charge in [0.2, 0.25) is 0 Å². The molecule has 0 atom stereocenters. The summed E-state index contributed by atoms with van der Waals surface area (Å²) >= 11 is 0. The van der Waals surface area contributed by atoms with Crippen molar-refractivity contribution in [3.63, 3.8) is 0 Å². The molecule has 200 valence electrons. The molecular weight excluding hydrogens is 518 g/mol. The second kappa shape index (κ2) is 10.2. The van der Waals surface area contributed by atoms with Crippen molar-refractivity contribution in [1.29, 1.82) is 0 Å². The fourth-order valence-electron chi connectivity index (χ4n) is 4.12. The number of aryl methyl sites for hydroxylation is 1. The largest absolute Gasteiger partial charge is 0.416 e. The van der Waals surface area contributed by atoms with Crippen molar-refractivity contribution in [2.75, 3.05) is 6.54 Å². The predicted octanol–water partition coefficient (Wildman–Crippen LogP) is 3.63. The second-order valence-electron chi connectivity index (χ2n) is 8.78. The molecule has 1 N–H and O–H groups in total. The lowest BCUT2D eigenvalue weighted by molar-refractivity contribution is -0.137. The van der Waals surface area contributed by atoms with E-state index in [1.807, 2.05) is 0 Å². The molecular formula is C26H21F4N7O2. The van der Waals surface area contributed by atoms with E-state index in [1.165, 1.54) is 50.7 Å². The Morgan fingerprint density at radius 2 is 1.85 bits per heavy atom. The first kappa shape index (κ1) is 25.8. The lowest BCUT2D eigenvalue weighted by atomic mass is 10.1. The Hall–Kier alpha value is -4.81. The first-order chi connectivity index (χ1) is 18.6. The Balaban J connectivity index is 1.26. The summed E-state index contributed by atoms with van der Waals surface area (Å²) in [4.78, 5) is 29.9. The highest BCUT2D eigenvalue weighted by Crippen LogP contribution is 2.29. The minimum atomic E-state index is -4.48. The number of halogens is 4. The van der Waals surface area contributed by atoms with Crippen molar-refractivity contribution in [3.8, 4) is 11.3 Å². The molecule has 13 heteroatoms. The Morgan fingerprint density at radius 3 is 2.59 bits per heavy atom. The number of hydrogen-bond acceptors (Lipinski definition) is 5. The normalized spacial score (nSPS) is 11.7. The minimum Gasteiger partial charge on any atom is -0.349 e. The van der Waals surface area contributed by atoms with Crippen LogP contribution in [0.3, 0.4) is 0 Å². The smallest absolute Gasteiger partial charge is 0.349 e. The van der Waals surface area contributed by atoms with Crippen LogP contribution in [0.15, 0.2) is 71.9 Å². The number of amides is 1. The molecule has 9 nitrogen and oxygen atoms in total. The Labute approximate surface area is 218 Å². The van der Waals surface area contributed by atoms with Gasteiger partial charge in [0.25, 0.3) is 11.5 Å². The number of nitrogens with zero attached hydrogens (tertiary/aromatic N) is 6. The SMILES string of the molecule is Cn1nc(-c2ccc(F)cc2)cc1C(=O)NCCn1ncc2c(=O)n(Cc3cccc(C(F)(F)F)c3)cnc21. The molecule has 0 saturated carbocycles. The van der Waals surface area contributed by atoms with E-state index in [-0.39, 0.29) is 42.4 Å². The lowest BCUT2D eigenvalue weighted by Crippen LogP contribution is -2.29. The molecule has 0 radical (unpaired) electrons. The summed E-state index contributed by atoms with van der Waals surface area (Å²) in [6, 6.07) is 12.1. The van der Waals surface area contributed by atoms with E-state index in [1.54, 1.807) is 25.2 Å². The van der Waals surface area contributed by atoms with Gasteiger partial charge in [0, 0.05) is 19.2 Å². The molecule has 0 fully saturated rings. The number of aromatic nitrogens is 6. The van der Waals surface area contributed by atoms with Gasteiger partial charge in [-0.15, -0.1) is 0 Å². The summed E-state index contributed by atoms with van der Waals surface area (Å²) in [5, 5.41) is 11.5. The highest BCUT2D eigenvalue weighted by atomic mass is 19.4. The van der Waals surface area contributed by atoms with Crippen molar-refractivity contribution in [2.45, 2.75) is 19.3 Å². The fraction of sp³-hybridized carbons (Fsp3) is 0.192. The van der Waals surface area contributed by atoms with Crippen LogP contribution >= 0.6 is 0 Å². The predicted molar refractivity (Wildman–Crippen MR) is 133 cm³/mol. The maximum atomic E-state index is 13.2. The van der Waals surface area contributed by atoms with Crippen molar-refractivity contribution in [3.05, 3.63) is 100 Å². The highest BCUT2D eigenvalue weighted by molar-refractivity contribution is 5.93. The van der Waals surface area contributed by atoms with Crippen LogP contribution in [-0.4, -0.2) is 41.6 Å². The zero-order chi connectivity index (χ0) is 27.7. The Bertz CT molecular complexity index is 1720. The van der Waals surface area contributed by atoms with Crippen LogP contribution in [0.2, 0.25) is 0 Å². The van der Waals surface area contributed by atoms with Gasteiger partial charge in [-0.25, -0.2) is 14.1 Å². The van der Waals surface area contributed by atoms with E-state index < -0.39 is 17.3 Å². The Kier molecular flexibility index (Phi) is 6.73. The Morgan fingerprint density at radius 1 is 1.08 bits per heavy atom. The van der Waals surface area contributed by atoms with Crippen LogP contribution < -0.4 is 10.9 Å². The minimum absolute atomic E-state index is 0.0858. The molecule has 1 amide bonds. The van der Waals surface area contributed by atoms with E-state index in [4.69, 9.17) is 0 Å². The number of alkyl halides is 3. The van der Waals surface area contributed by atoms with E-state index in [0.29, 0.717) is 22.5 Å². The van der Waals surface area contributed by atoms with Gasteiger partial charge in [-0.05, 0) is 48.0 Å². The van der Waals surface area contributed by atoms with E-state index in [2.05, 4.69) is 20.5 Å². The molecule has 0 aliphatic rings. The van der Waals surface area contributed by atoms with Crippen LogP contribution in [0.25, 0.3) is 22.3 Å². The first-order valence-electron chi connectivity index (χ1n) is 11.8. The molecule has 0 aliphatic heterocycles. The number of rotatable bonds is 7. The second-order valence-corrected chi connectivity index (χ2v) is 8.78. The van der Waals surface area contributed by atoms with Gasteiger partial charge < -0.3 is 5.32 Å². The van der Waals surface area contributed by atoms with Gasteiger partial charge in [-0.1, -0.05) is 12.1 Å². The molecule has 0 saturated heterocycles. The molecule has 39 heavy (non-hydrogen) atoms. The summed E-state index contributed by atoms with van der Waals surface area (Å²) < 4.78 is 56.3. The zero-order valence-corrected chi connectivity index (χ0v) is 20.5. The van der Waals surface area contributed by atoms with Crippen molar-refractivity contribution >= 4 is 16.9 Å². The van der Waals surface area contributed by atoms with Gasteiger partial charge in [0.15, 0.2) is 5.65 Å². The van der Waals surface area contributed by atoms with Crippen molar-refractivity contribution in [2.24, 2.45) is 7.05 Å². The maximum Gasteiger partial charge on any atom is 0.416 e. The summed E-state index contributed by atoms with van der Waals surface area (Å²) in [6.45, 7) is 0.293. The highest BCUT2D eigenvalue weighted by Gasteiger charge is 2.30. The topological polar surface area (TPSA) is 99.6 Å². The molecule has 2 aromatic carbocycles. The average molecular weight is 539 g/mol. The number of carbonyl (C=O) groups excluding carboxylic acids is 1. The zero-order valence-electron chi connectivity index (χ0n) is 20.5. The third-order valence-electron chi connectivity index (χ3n) is 6.09. The van der Waals surface area contributed by atoms with E-state index >= 15 is 0 Å². The first-order valence-corrected chi connectivity index (χ1v) is 11.8. The van der Waals surface area contributed by atoms with Gasteiger partial charge in [-0.3, -0.25) is 18.8 Å². The van der Waals surface area contributed by atoms with Gasteiger partial charge in [0.05, 0.1) is 30.5 Å². The molecule has 3 aromatic heterocycles. The summed E-state index contributed by atoms with van der Waals surface area (Å²) in [5.74, 6) is -0.755. The van der Waals surface area contributed by atoms with Gasteiger partial charge in [0.1, 0.15) is 23.2 Å². The van der Waals surface area contributed by atoms with Gasteiger partial charge >= 0.3 is 6.18 Å². The standard InChI is InChI=1S/C26H21F4N7O2/c1-35-22(12-21(34-35)17-5-7-19(27)8-6-17)24(38)31-9-10-37-23-20(13-33-37)25(39)36(15-32-23)14-16-3-2-4-18(11-16)26(28,29)30/h2-8,11-13,15H,9-10,14H2,1H3,(H,31,38). The number of fused-ring (bicyclic) bond motifs is 1. The van der Waals surface area contributed by atoms with E-state index in [9.17, 15) is 27.2 Å². The molecule has 0 bridgehead atoms. The van der Waals surface area contributed by atoms with Crippen LogP contribution in [0.4, 0.5) is 17.6 Å². The van der Waals surface area contributed by atoms with Crippen molar-refractivity contribution < 1.29 is 22.4 Å². The van der Waals surface area contributed by atoms with Gasteiger partial charge in [-0.2, -0.15) is 23.4 Å². The van der Waals surface area contributed by atoms with Crippen LogP contribution in [0, 0.1) is 5.82 Å². The number of hydrogen-bond donors (Lipinski definition) is 1. The third kappa shape index (κ3) is 5.42. The molecule has 5 aromatic rings. The summed E-state index contributed by atoms with van der Waals surface area (Å²) in [5.41, 5.74) is 0.834. The number of benzene rings is 2. The van der Waals surface area contributed by atoms with Crippen LogP contribution in [0.5, 0.6) is 0 Å². The molecule has 0 unspecified atom stereocenters. The van der Waals surface area contributed by atoms with Crippen molar-refractivity contribution in [1.82, 2.24) is 34.4 Å². The summed E-state index contributed by atoms with van der Waals surface area (Å²) in [7, 11) is 1.62. The molecule has 5 rings (SSSR count). The average Bonchev–Trinajstić information content (AvgIpc) is 3.50. The van der Waals surface area contributed by atoms with E-state index in [0.717, 1.165) is 12.1 Å². The lowest BCUT2D eigenvalue weighted by Gasteiger charge is -2.10. The quantitative estimate of drug-likeness (QED) is 0.319. The third-order valence-corrected chi connectivity index (χ3v) is 6.09. The van der Waals surface area contributed by atoms with Crippen LogP contribution in [-0.2, 0) is 26.3 Å². The number of carbonyl (C=O) groups is 1. The molecule has 0 spiro atoms. The maximum absolute atomic E-state index is 13.2. The monoisotopic (exact) mass is 539 g/mol. The number of nitrogens with one attached hydrogen (secondary N) is 1. The molecule has 0 aliphatic carbocycles. The fourth-order valence-corrected chi connectivity index (χ4v) is 4.12. The van der Waals surface area contributed by atoms with Crippen LogP contribution in [0.1, 0.15) is 21.6 Å². The summed E-state index contributed by atoms with van der Waals surface area (Å²) in [6.07, 6.45) is -1.89.